The first-order chi connectivity index (χ1) is 24.5. The van der Waals surface area contributed by atoms with Crippen molar-refractivity contribution in [3.63, 3.8) is 0 Å². The molecule has 0 aromatic heterocycles. The monoisotopic (exact) mass is 743 g/mol. The highest BCUT2D eigenvalue weighted by Gasteiger charge is 2.37. The van der Waals surface area contributed by atoms with E-state index in [1.807, 2.05) is 86.6 Å². The molecule has 0 amide bonds. The highest BCUT2D eigenvalue weighted by molar-refractivity contribution is 5.70. The molecule has 1 rings (SSSR count). The lowest BCUT2D eigenvalue weighted by Crippen LogP contribution is -2.45. The Hall–Kier alpha value is -1.67. The van der Waals surface area contributed by atoms with Crippen molar-refractivity contribution in [3.05, 3.63) is 36.0 Å². The van der Waals surface area contributed by atoms with Crippen LogP contribution in [0.3, 0.4) is 0 Å². The lowest BCUT2D eigenvalue weighted by atomic mass is 9.88. The second-order valence-electron chi connectivity index (χ2n) is 14.3. The molecular weight excluding hydrogens is 668 g/mol. The van der Waals surface area contributed by atoms with E-state index in [1.165, 1.54) is 0 Å². The van der Waals surface area contributed by atoms with Gasteiger partial charge in [0.2, 0.25) is 0 Å². The van der Waals surface area contributed by atoms with Gasteiger partial charge in [-0.25, -0.2) is 0 Å². The summed E-state index contributed by atoms with van der Waals surface area (Å²) in [7, 11) is 1.70. The molecule has 0 aliphatic carbocycles. The molecule has 13 unspecified atom stereocenters. The normalized spacial score (nSPS) is 29.2. The Balaban J connectivity index is 3.41. The van der Waals surface area contributed by atoms with E-state index in [1.54, 1.807) is 20.1 Å². The summed E-state index contributed by atoms with van der Waals surface area (Å²) in [6, 6.07) is 0. The zero-order chi connectivity index (χ0) is 39.4. The molecule has 2 N–H and O–H groups in total. The van der Waals surface area contributed by atoms with Gasteiger partial charge in [0, 0.05) is 38.8 Å². The van der Waals surface area contributed by atoms with E-state index < -0.39 is 61.0 Å². The number of carbonyl (C=O) groups is 1. The molecule has 0 spiro atoms. The fraction of sp³-hybridized carbons (Fsp3) is 0.829. The Bertz CT molecular complexity index is 1060. The molecular formula is C41H74O11. The topological polar surface area (TPSA) is 131 Å². The fourth-order valence-electron chi connectivity index (χ4n) is 6.83. The van der Waals surface area contributed by atoms with Crippen LogP contribution in [0.4, 0.5) is 0 Å². The number of aliphatic hydroxyl groups excluding tert-OH is 2. The number of hydrogen-bond donors (Lipinski definition) is 2. The van der Waals surface area contributed by atoms with E-state index in [2.05, 4.69) is 13.8 Å². The maximum atomic E-state index is 13.5. The number of esters is 1. The van der Waals surface area contributed by atoms with Crippen molar-refractivity contribution in [3.8, 4) is 0 Å². The maximum absolute atomic E-state index is 13.5. The van der Waals surface area contributed by atoms with E-state index in [9.17, 15) is 15.0 Å². The molecule has 52 heavy (non-hydrogen) atoms. The summed E-state index contributed by atoms with van der Waals surface area (Å²) in [6.45, 7) is 24.4. The molecule has 0 radical (unpaired) electrons. The molecule has 1 aliphatic heterocycles. The minimum atomic E-state index is -1.01. The first kappa shape index (κ1) is 48.3. The fourth-order valence-corrected chi connectivity index (χ4v) is 6.83. The molecule has 0 fully saturated rings. The predicted octanol–water partition coefficient (Wildman–Crippen LogP) is 7.28. The Morgan fingerprint density at radius 3 is 2.21 bits per heavy atom. The number of ether oxygens (including phenoxy) is 8. The number of hydrogen-bond acceptors (Lipinski definition) is 11. The molecule has 0 saturated heterocycles. The van der Waals surface area contributed by atoms with Gasteiger partial charge in [-0.05, 0) is 92.6 Å². The molecule has 1 heterocycles. The van der Waals surface area contributed by atoms with Crippen LogP contribution in [0.15, 0.2) is 36.0 Å². The van der Waals surface area contributed by atoms with Gasteiger partial charge in [0.05, 0.1) is 36.4 Å². The highest BCUT2D eigenvalue weighted by Crippen LogP contribution is 2.31. The predicted molar refractivity (Wildman–Crippen MR) is 203 cm³/mol. The molecule has 13 atom stereocenters. The van der Waals surface area contributed by atoms with Crippen LogP contribution < -0.4 is 0 Å². The van der Waals surface area contributed by atoms with Crippen LogP contribution in [0.5, 0.6) is 0 Å². The van der Waals surface area contributed by atoms with Crippen LogP contribution in [-0.2, 0) is 42.7 Å². The third-order valence-corrected chi connectivity index (χ3v) is 9.76. The minimum Gasteiger partial charge on any atom is -0.457 e. The molecule has 0 aromatic carbocycles. The van der Waals surface area contributed by atoms with E-state index in [-0.39, 0.29) is 30.3 Å². The van der Waals surface area contributed by atoms with Gasteiger partial charge in [0.15, 0.2) is 18.9 Å². The van der Waals surface area contributed by atoms with Crippen molar-refractivity contribution in [1.82, 2.24) is 0 Å². The molecule has 0 bridgehead atoms. The maximum Gasteiger partial charge on any atom is 0.309 e. The van der Waals surface area contributed by atoms with Crippen molar-refractivity contribution in [2.24, 2.45) is 17.8 Å². The summed E-state index contributed by atoms with van der Waals surface area (Å²) in [4.78, 5) is 13.5. The number of cyclic esters (lactones) is 1. The molecule has 1 aliphatic rings. The Kier molecular flexibility index (Phi) is 23.6. The Morgan fingerprint density at radius 2 is 1.62 bits per heavy atom. The van der Waals surface area contributed by atoms with E-state index >= 15 is 0 Å². The van der Waals surface area contributed by atoms with Crippen molar-refractivity contribution < 1.29 is 52.9 Å². The lowest BCUT2D eigenvalue weighted by Gasteiger charge is -2.37. The van der Waals surface area contributed by atoms with Crippen molar-refractivity contribution in [1.29, 1.82) is 0 Å². The van der Waals surface area contributed by atoms with Gasteiger partial charge in [-0.15, -0.1) is 0 Å². The van der Waals surface area contributed by atoms with Crippen LogP contribution in [0, 0.1) is 17.8 Å². The summed E-state index contributed by atoms with van der Waals surface area (Å²) >= 11 is 0. The Morgan fingerprint density at radius 1 is 1.00 bits per heavy atom. The largest absolute Gasteiger partial charge is 0.457 e. The summed E-state index contributed by atoms with van der Waals surface area (Å²) in [5.74, 6) is -0.725. The molecule has 0 saturated carbocycles. The average molecular weight is 743 g/mol. The average Bonchev–Trinajstić information content (AvgIpc) is 3.07. The van der Waals surface area contributed by atoms with Gasteiger partial charge in [-0.2, -0.15) is 0 Å². The highest BCUT2D eigenvalue weighted by atomic mass is 16.7. The third kappa shape index (κ3) is 17.2. The van der Waals surface area contributed by atoms with Gasteiger partial charge in [0.1, 0.15) is 12.2 Å². The number of allylic oxidation sites excluding steroid dienone is 2. The van der Waals surface area contributed by atoms with Gasteiger partial charge in [0.25, 0.3) is 0 Å². The first-order valence-corrected chi connectivity index (χ1v) is 19.5. The third-order valence-electron chi connectivity index (χ3n) is 9.76. The van der Waals surface area contributed by atoms with Crippen molar-refractivity contribution >= 4 is 5.97 Å². The van der Waals surface area contributed by atoms with Crippen molar-refractivity contribution in [2.45, 2.75) is 176 Å². The number of aliphatic hydroxyl groups is 2. The standard InChI is InChI=1S/C41H74O11/c1-14-36(45-13)30(8)25-35(42)40(50-32(10)47-16-3)28(6)20-18-19-27(5)39-29(7)21-22-37(43)41(12,52-33(11)48-17-4)24-23-34(26-38(44)51-39)49-31(9)46-15-2/h18-22,28-37,39-40,42-43H,14-17,23-26H2,1-13H3/b20-18+,22-21+,27-19+. The zero-order valence-electron chi connectivity index (χ0n) is 34.5. The second kappa shape index (κ2) is 25.4. The van der Waals surface area contributed by atoms with Crippen LogP contribution in [0.25, 0.3) is 0 Å². The summed E-state index contributed by atoms with van der Waals surface area (Å²) in [5, 5.41) is 22.8. The van der Waals surface area contributed by atoms with Gasteiger partial charge in [-0.1, -0.05) is 58.1 Å². The van der Waals surface area contributed by atoms with E-state index in [0.29, 0.717) is 39.1 Å². The second-order valence-corrected chi connectivity index (χ2v) is 14.3. The van der Waals surface area contributed by atoms with Gasteiger partial charge < -0.3 is 48.1 Å². The summed E-state index contributed by atoms with van der Waals surface area (Å²) in [5.41, 5.74) is -0.199. The minimum absolute atomic E-state index is 0.00694. The first-order valence-electron chi connectivity index (χ1n) is 19.5. The lowest BCUT2D eigenvalue weighted by molar-refractivity contribution is -0.224. The number of methoxy groups -OCH3 is 1. The Labute approximate surface area is 315 Å². The van der Waals surface area contributed by atoms with Crippen LogP contribution in [-0.4, -0.2) is 104 Å². The summed E-state index contributed by atoms with van der Waals surface area (Å²) in [6.07, 6.45) is 6.67. The van der Waals surface area contributed by atoms with Gasteiger partial charge in [-0.3, -0.25) is 4.79 Å². The van der Waals surface area contributed by atoms with Crippen LogP contribution in [0.2, 0.25) is 0 Å². The van der Waals surface area contributed by atoms with Crippen LogP contribution >= 0.6 is 0 Å². The molecule has 0 aromatic rings. The van der Waals surface area contributed by atoms with E-state index in [4.69, 9.17) is 37.9 Å². The SMILES string of the molecule is CCOC(C)OC1CCC(C)(OC(C)OCC)C(O)/C=C/C(C)C(/C(C)=C/C=C/C(C)C(OC(C)OCC)C(O)CC(C)C(CC)OC)OC(=O)C1. The zero-order valence-corrected chi connectivity index (χ0v) is 34.5. The van der Waals surface area contributed by atoms with Crippen molar-refractivity contribution in [2.75, 3.05) is 26.9 Å². The number of carbonyl (C=O) groups excluding carboxylic acids is 1. The molecule has 11 heteroatoms. The quantitative estimate of drug-likeness (QED) is 0.0502. The number of rotatable bonds is 22. The smallest absolute Gasteiger partial charge is 0.309 e. The molecule has 304 valence electrons. The molecule has 11 nitrogen and oxygen atoms in total. The summed E-state index contributed by atoms with van der Waals surface area (Å²) < 4.78 is 47.4. The van der Waals surface area contributed by atoms with Crippen LogP contribution in [0.1, 0.15) is 115 Å². The van der Waals surface area contributed by atoms with E-state index in [0.717, 1.165) is 12.0 Å². The van der Waals surface area contributed by atoms with Gasteiger partial charge >= 0.3 is 5.97 Å².